The molecule has 1 saturated heterocycles. The molecule has 1 aliphatic heterocycles. The second kappa shape index (κ2) is 7.38. The van der Waals surface area contributed by atoms with Gasteiger partial charge in [0.1, 0.15) is 5.69 Å². The molecular formula is C15H22N2O4. The molecule has 21 heavy (non-hydrogen) atoms. The van der Waals surface area contributed by atoms with Crippen molar-refractivity contribution in [2.75, 3.05) is 24.6 Å². The second-order valence-corrected chi connectivity index (χ2v) is 5.32. The van der Waals surface area contributed by atoms with Crippen LogP contribution in [0.1, 0.15) is 31.7 Å². The Labute approximate surface area is 124 Å². The van der Waals surface area contributed by atoms with Crippen LogP contribution < -0.4 is 4.90 Å². The number of nitro groups is 1. The normalized spacial score (nSPS) is 18.8. The van der Waals surface area contributed by atoms with Crippen molar-refractivity contribution in [2.45, 2.75) is 38.9 Å². The summed E-state index contributed by atoms with van der Waals surface area (Å²) in [7, 11) is 0. The predicted octanol–water partition coefficient (Wildman–Crippen LogP) is 2.48. The first-order chi connectivity index (χ1) is 10.2. The smallest absolute Gasteiger partial charge is 0.292 e. The molecule has 1 aromatic rings. The molecule has 1 aromatic carbocycles. The summed E-state index contributed by atoms with van der Waals surface area (Å²) < 4.78 is 5.78. The maximum absolute atomic E-state index is 11.3. The Morgan fingerprint density at radius 3 is 3.00 bits per heavy atom. The number of ether oxygens (including phenoxy) is 1. The van der Waals surface area contributed by atoms with E-state index in [1.807, 2.05) is 4.90 Å². The average Bonchev–Trinajstić information content (AvgIpc) is 2.52. The maximum Gasteiger partial charge on any atom is 0.292 e. The number of piperidine rings is 1. The summed E-state index contributed by atoms with van der Waals surface area (Å²) in [5.74, 6) is 0. The van der Waals surface area contributed by atoms with E-state index in [1.165, 1.54) is 6.07 Å². The van der Waals surface area contributed by atoms with E-state index in [9.17, 15) is 10.1 Å². The molecule has 0 saturated carbocycles. The van der Waals surface area contributed by atoms with Gasteiger partial charge in [0, 0.05) is 25.8 Å². The van der Waals surface area contributed by atoms with E-state index in [0.717, 1.165) is 32.4 Å². The first kappa shape index (κ1) is 15.7. The molecule has 1 N–H and O–H groups in total. The Morgan fingerprint density at radius 1 is 1.52 bits per heavy atom. The highest BCUT2D eigenvalue weighted by molar-refractivity contribution is 5.64. The summed E-state index contributed by atoms with van der Waals surface area (Å²) in [6, 6.07) is 4.91. The van der Waals surface area contributed by atoms with Crippen LogP contribution in [-0.4, -0.2) is 35.8 Å². The third-order valence-corrected chi connectivity index (χ3v) is 3.70. The Bertz CT molecular complexity index is 493. The third-order valence-electron chi connectivity index (χ3n) is 3.70. The zero-order valence-corrected chi connectivity index (χ0v) is 12.3. The zero-order valence-electron chi connectivity index (χ0n) is 12.3. The van der Waals surface area contributed by atoms with E-state index in [-0.39, 0.29) is 23.3 Å². The first-order valence-electron chi connectivity index (χ1n) is 7.40. The molecule has 1 aliphatic rings. The fourth-order valence-corrected chi connectivity index (χ4v) is 2.66. The molecule has 116 valence electrons. The highest BCUT2D eigenvalue weighted by Crippen LogP contribution is 2.31. The van der Waals surface area contributed by atoms with Crippen LogP contribution in [0.25, 0.3) is 0 Å². The van der Waals surface area contributed by atoms with Gasteiger partial charge < -0.3 is 14.7 Å². The molecule has 0 spiro atoms. The topological polar surface area (TPSA) is 75.8 Å². The van der Waals surface area contributed by atoms with Crippen LogP contribution in [-0.2, 0) is 11.3 Å². The summed E-state index contributed by atoms with van der Waals surface area (Å²) >= 11 is 0. The molecule has 1 fully saturated rings. The summed E-state index contributed by atoms with van der Waals surface area (Å²) in [5.41, 5.74) is 1.22. The SMILES string of the molecule is CCCOC1CCCN(c2ccc(CO)cc2[N+](=O)[O-])C1. The summed E-state index contributed by atoms with van der Waals surface area (Å²) in [4.78, 5) is 12.9. The summed E-state index contributed by atoms with van der Waals surface area (Å²) in [6.07, 6.45) is 3.07. The Kier molecular flexibility index (Phi) is 5.52. The van der Waals surface area contributed by atoms with Gasteiger partial charge >= 0.3 is 0 Å². The van der Waals surface area contributed by atoms with Crippen molar-refractivity contribution in [3.05, 3.63) is 33.9 Å². The van der Waals surface area contributed by atoms with Crippen LogP contribution >= 0.6 is 0 Å². The van der Waals surface area contributed by atoms with Gasteiger partial charge in [-0.3, -0.25) is 10.1 Å². The fraction of sp³-hybridized carbons (Fsp3) is 0.600. The van der Waals surface area contributed by atoms with Gasteiger partial charge in [-0.1, -0.05) is 13.0 Å². The van der Waals surface area contributed by atoms with E-state index in [4.69, 9.17) is 9.84 Å². The Balaban J connectivity index is 2.18. The molecule has 0 radical (unpaired) electrons. The number of rotatable bonds is 6. The average molecular weight is 294 g/mol. The van der Waals surface area contributed by atoms with Gasteiger partial charge in [-0.25, -0.2) is 0 Å². The summed E-state index contributed by atoms with van der Waals surface area (Å²) in [6.45, 7) is 4.08. The van der Waals surface area contributed by atoms with Gasteiger partial charge in [0.15, 0.2) is 0 Å². The molecule has 1 heterocycles. The van der Waals surface area contributed by atoms with Crippen LogP contribution in [0.2, 0.25) is 0 Å². The second-order valence-electron chi connectivity index (χ2n) is 5.32. The number of hydrogen-bond acceptors (Lipinski definition) is 5. The minimum absolute atomic E-state index is 0.0534. The van der Waals surface area contributed by atoms with E-state index < -0.39 is 0 Å². The molecule has 0 aliphatic carbocycles. The number of aliphatic hydroxyl groups excluding tert-OH is 1. The number of nitrogens with zero attached hydrogens (tertiary/aromatic N) is 2. The molecule has 1 unspecified atom stereocenters. The van der Waals surface area contributed by atoms with Gasteiger partial charge in [-0.05, 0) is 30.9 Å². The van der Waals surface area contributed by atoms with Crippen LogP contribution in [0.3, 0.4) is 0 Å². The number of benzene rings is 1. The quantitative estimate of drug-likeness (QED) is 0.644. The van der Waals surface area contributed by atoms with Crippen molar-refractivity contribution in [1.29, 1.82) is 0 Å². The van der Waals surface area contributed by atoms with Gasteiger partial charge in [-0.2, -0.15) is 0 Å². The minimum atomic E-state index is -0.384. The number of anilines is 1. The highest BCUT2D eigenvalue weighted by Gasteiger charge is 2.26. The van der Waals surface area contributed by atoms with Crippen LogP contribution in [0, 0.1) is 10.1 Å². The largest absolute Gasteiger partial charge is 0.392 e. The minimum Gasteiger partial charge on any atom is -0.392 e. The van der Waals surface area contributed by atoms with Crippen molar-refractivity contribution in [3.8, 4) is 0 Å². The number of nitro benzene ring substituents is 1. The molecule has 0 amide bonds. The van der Waals surface area contributed by atoms with E-state index in [1.54, 1.807) is 12.1 Å². The van der Waals surface area contributed by atoms with Crippen molar-refractivity contribution in [3.63, 3.8) is 0 Å². The van der Waals surface area contributed by atoms with E-state index >= 15 is 0 Å². The van der Waals surface area contributed by atoms with Gasteiger partial charge in [0.25, 0.3) is 5.69 Å². The lowest BCUT2D eigenvalue weighted by molar-refractivity contribution is -0.384. The molecule has 0 bridgehead atoms. The van der Waals surface area contributed by atoms with E-state index in [2.05, 4.69) is 6.92 Å². The maximum atomic E-state index is 11.3. The predicted molar refractivity (Wildman–Crippen MR) is 80.5 cm³/mol. The monoisotopic (exact) mass is 294 g/mol. The Hall–Kier alpha value is -1.66. The lowest BCUT2D eigenvalue weighted by Crippen LogP contribution is -2.40. The highest BCUT2D eigenvalue weighted by atomic mass is 16.6. The Morgan fingerprint density at radius 2 is 2.33 bits per heavy atom. The van der Waals surface area contributed by atoms with E-state index in [0.29, 0.717) is 17.8 Å². The first-order valence-corrected chi connectivity index (χ1v) is 7.40. The van der Waals surface area contributed by atoms with Crippen molar-refractivity contribution in [2.24, 2.45) is 0 Å². The van der Waals surface area contributed by atoms with Gasteiger partial charge in [-0.15, -0.1) is 0 Å². The van der Waals surface area contributed by atoms with Crippen molar-refractivity contribution < 1.29 is 14.8 Å². The standard InChI is InChI=1S/C15H22N2O4/c1-2-8-21-13-4-3-7-16(10-13)14-6-5-12(11-18)9-15(14)17(19)20/h5-6,9,13,18H,2-4,7-8,10-11H2,1H3. The van der Waals surface area contributed by atoms with Crippen molar-refractivity contribution >= 4 is 11.4 Å². The van der Waals surface area contributed by atoms with Gasteiger partial charge in [0.05, 0.1) is 17.6 Å². The summed E-state index contributed by atoms with van der Waals surface area (Å²) in [5, 5.41) is 20.4. The van der Waals surface area contributed by atoms with Crippen molar-refractivity contribution in [1.82, 2.24) is 0 Å². The molecule has 1 atom stereocenters. The third kappa shape index (κ3) is 3.92. The molecule has 0 aromatic heterocycles. The molecule has 6 nitrogen and oxygen atoms in total. The zero-order chi connectivity index (χ0) is 15.2. The fourth-order valence-electron chi connectivity index (χ4n) is 2.66. The lowest BCUT2D eigenvalue weighted by atomic mass is 10.1. The van der Waals surface area contributed by atoms with Crippen LogP contribution in [0.15, 0.2) is 18.2 Å². The molecule has 6 heteroatoms. The van der Waals surface area contributed by atoms with Crippen LogP contribution in [0.4, 0.5) is 11.4 Å². The van der Waals surface area contributed by atoms with Crippen LogP contribution in [0.5, 0.6) is 0 Å². The number of hydrogen-bond donors (Lipinski definition) is 1. The lowest BCUT2D eigenvalue weighted by Gasteiger charge is -2.34. The molecule has 2 rings (SSSR count). The number of aliphatic hydroxyl groups is 1. The van der Waals surface area contributed by atoms with Gasteiger partial charge in [0.2, 0.25) is 0 Å². The molecular weight excluding hydrogens is 272 g/mol.